The Labute approximate surface area is 166 Å². The summed E-state index contributed by atoms with van der Waals surface area (Å²) in [7, 11) is 3.18. The molecule has 1 N–H and O–H groups in total. The predicted octanol–water partition coefficient (Wildman–Crippen LogP) is 6.03. The Morgan fingerprint density at radius 2 is 1.69 bits per heavy atom. The molecule has 0 aliphatic heterocycles. The van der Waals surface area contributed by atoms with Gasteiger partial charge < -0.3 is 10.2 Å². The molecule has 2 rings (SSSR count). The van der Waals surface area contributed by atoms with Crippen molar-refractivity contribution in [3.8, 4) is 0 Å². The first kappa shape index (κ1) is 20.9. The normalized spacial score (nSPS) is 11.4. The molecule has 0 saturated carbocycles. The van der Waals surface area contributed by atoms with E-state index >= 15 is 0 Å². The van der Waals surface area contributed by atoms with Crippen LogP contribution in [-0.4, -0.2) is 25.0 Å². The van der Waals surface area contributed by atoms with Gasteiger partial charge >= 0.3 is 6.18 Å². The quantitative estimate of drug-likeness (QED) is 0.585. The number of aromatic nitrogens is 1. The first-order valence-corrected chi connectivity index (χ1v) is 8.34. The summed E-state index contributed by atoms with van der Waals surface area (Å²) in [5.41, 5.74) is -1.63. The number of hydrogen-bond donors (Lipinski definition) is 1. The van der Waals surface area contributed by atoms with Gasteiger partial charge in [0.05, 0.1) is 26.3 Å². The maximum atomic E-state index is 13.3. The van der Waals surface area contributed by atoms with E-state index in [-0.39, 0.29) is 20.2 Å². The summed E-state index contributed by atoms with van der Waals surface area (Å²) in [6, 6.07) is 3.46. The molecule has 1 heterocycles. The van der Waals surface area contributed by atoms with Gasteiger partial charge in [0, 0.05) is 19.8 Å². The number of nitrogens with one attached hydrogen (secondary N) is 1. The van der Waals surface area contributed by atoms with E-state index in [0.29, 0.717) is 5.69 Å². The van der Waals surface area contributed by atoms with Gasteiger partial charge in [-0.2, -0.15) is 13.2 Å². The van der Waals surface area contributed by atoms with Crippen LogP contribution in [0.4, 0.5) is 24.5 Å². The second kappa shape index (κ2) is 7.68. The van der Waals surface area contributed by atoms with Gasteiger partial charge in [0.2, 0.25) is 0 Å². The van der Waals surface area contributed by atoms with Crippen LogP contribution < -0.4 is 10.2 Å². The lowest BCUT2D eigenvalue weighted by Crippen LogP contribution is -2.19. The maximum absolute atomic E-state index is 13.3. The molecular formula is C15H10Cl4F3N3O. The fraction of sp³-hybridized carbons (Fsp3) is 0.200. The van der Waals surface area contributed by atoms with Crippen LogP contribution in [0.5, 0.6) is 0 Å². The Balaban J connectivity index is 2.47. The molecule has 0 spiro atoms. The van der Waals surface area contributed by atoms with Crippen molar-refractivity contribution < 1.29 is 18.0 Å². The van der Waals surface area contributed by atoms with Crippen LogP contribution in [0.15, 0.2) is 18.2 Å². The van der Waals surface area contributed by atoms with E-state index in [0.717, 1.165) is 12.1 Å². The molecular weight excluding hydrogens is 437 g/mol. The van der Waals surface area contributed by atoms with E-state index in [9.17, 15) is 18.0 Å². The van der Waals surface area contributed by atoms with Crippen molar-refractivity contribution in [3.05, 3.63) is 49.7 Å². The fourth-order valence-corrected chi connectivity index (χ4v) is 2.79. The van der Waals surface area contributed by atoms with Crippen LogP contribution >= 0.6 is 46.4 Å². The molecule has 0 aliphatic rings. The molecule has 0 atom stereocenters. The number of rotatable bonds is 3. The van der Waals surface area contributed by atoms with Crippen molar-refractivity contribution in [1.82, 2.24) is 4.98 Å². The zero-order valence-electron chi connectivity index (χ0n) is 13.2. The van der Waals surface area contributed by atoms with Gasteiger partial charge in [-0.25, -0.2) is 4.98 Å². The highest BCUT2D eigenvalue weighted by atomic mass is 35.5. The summed E-state index contributed by atoms with van der Waals surface area (Å²) in [6.45, 7) is 0. The topological polar surface area (TPSA) is 45.2 Å². The minimum Gasteiger partial charge on any atom is -0.378 e. The van der Waals surface area contributed by atoms with Crippen LogP contribution in [0.25, 0.3) is 0 Å². The lowest BCUT2D eigenvalue weighted by molar-refractivity contribution is -0.136. The fourth-order valence-electron chi connectivity index (χ4n) is 1.97. The summed E-state index contributed by atoms with van der Waals surface area (Å²) >= 11 is 23.2. The molecule has 140 valence electrons. The van der Waals surface area contributed by atoms with Gasteiger partial charge in [-0.1, -0.05) is 46.4 Å². The molecule has 26 heavy (non-hydrogen) atoms. The molecule has 0 unspecified atom stereocenters. The largest absolute Gasteiger partial charge is 0.418 e. The third-order valence-electron chi connectivity index (χ3n) is 3.27. The second-order valence-electron chi connectivity index (χ2n) is 5.27. The van der Waals surface area contributed by atoms with Crippen molar-refractivity contribution >= 4 is 63.7 Å². The molecule has 1 amide bonds. The first-order chi connectivity index (χ1) is 11.9. The number of hydrogen-bond acceptors (Lipinski definition) is 3. The molecule has 11 heteroatoms. The van der Waals surface area contributed by atoms with E-state index < -0.39 is 29.0 Å². The molecule has 1 aromatic heterocycles. The average Bonchev–Trinajstić information content (AvgIpc) is 2.55. The number of halogens is 7. The number of alkyl halides is 3. The number of benzene rings is 1. The Morgan fingerprint density at radius 3 is 2.23 bits per heavy atom. The highest BCUT2D eigenvalue weighted by Gasteiger charge is 2.35. The van der Waals surface area contributed by atoms with Crippen molar-refractivity contribution in [2.45, 2.75) is 6.18 Å². The van der Waals surface area contributed by atoms with Crippen LogP contribution in [-0.2, 0) is 6.18 Å². The third kappa shape index (κ3) is 4.28. The summed E-state index contributed by atoms with van der Waals surface area (Å²) in [5, 5.41) is 1.12. The Morgan fingerprint density at radius 1 is 1.08 bits per heavy atom. The number of anilines is 2. The summed E-state index contributed by atoms with van der Waals surface area (Å²) in [6.07, 6.45) is -4.69. The monoisotopic (exact) mass is 445 g/mol. The van der Waals surface area contributed by atoms with Gasteiger partial charge in [0.25, 0.3) is 5.91 Å². The van der Waals surface area contributed by atoms with Crippen molar-refractivity contribution in [1.29, 1.82) is 0 Å². The number of carbonyl (C=O) groups is 1. The molecule has 0 aliphatic carbocycles. The lowest BCUT2D eigenvalue weighted by Gasteiger charge is -2.19. The Bertz CT molecular complexity index is 872. The van der Waals surface area contributed by atoms with E-state index in [1.807, 2.05) is 0 Å². The van der Waals surface area contributed by atoms with Crippen LogP contribution in [0.3, 0.4) is 0 Å². The summed E-state index contributed by atoms with van der Waals surface area (Å²) in [5.74, 6) is -1.02. The standard InChI is InChI=1S/C15H10Cl4F3N3O/c1-25(2)6-3-4-8(7(5-6)15(20,21)22)23-14(26)12-10(17)9(16)11(18)13(19)24-12/h3-5H,1-2H3,(H,23,26). The maximum Gasteiger partial charge on any atom is 0.418 e. The van der Waals surface area contributed by atoms with E-state index in [4.69, 9.17) is 46.4 Å². The lowest BCUT2D eigenvalue weighted by atomic mass is 10.1. The molecule has 0 bridgehead atoms. The minimum atomic E-state index is -4.69. The summed E-state index contributed by atoms with van der Waals surface area (Å²) < 4.78 is 40.0. The molecule has 4 nitrogen and oxygen atoms in total. The van der Waals surface area contributed by atoms with E-state index in [1.165, 1.54) is 11.0 Å². The van der Waals surface area contributed by atoms with Crippen molar-refractivity contribution in [2.24, 2.45) is 0 Å². The number of pyridine rings is 1. The van der Waals surface area contributed by atoms with Gasteiger partial charge in [-0.05, 0) is 18.2 Å². The highest BCUT2D eigenvalue weighted by molar-refractivity contribution is 6.52. The number of nitrogens with zero attached hydrogens (tertiary/aromatic N) is 2. The highest BCUT2D eigenvalue weighted by Crippen LogP contribution is 2.39. The number of amides is 1. The molecule has 1 aromatic carbocycles. The third-order valence-corrected chi connectivity index (χ3v) is 4.95. The van der Waals surface area contributed by atoms with Gasteiger partial charge in [-0.15, -0.1) is 0 Å². The summed E-state index contributed by atoms with van der Waals surface area (Å²) in [4.78, 5) is 17.5. The van der Waals surface area contributed by atoms with Crippen LogP contribution in [0, 0.1) is 0 Å². The average molecular weight is 447 g/mol. The van der Waals surface area contributed by atoms with Crippen molar-refractivity contribution in [2.75, 3.05) is 24.3 Å². The Hall–Kier alpha value is -1.41. The number of carbonyl (C=O) groups excluding carboxylic acids is 1. The molecule has 2 aromatic rings. The zero-order chi connectivity index (χ0) is 19.8. The minimum absolute atomic E-state index is 0.166. The SMILES string of the molecule is CN(C)c1ccc(NC(=O)c2nc(Cl)c(Cl)c(Cl)c2Cl)c(C(F)(F)F)c1. The molecule has 0 saturated heterocycles. The van der Waals surface area contributed by atoms with E-state index in [1.54, 1.807) is 14.1 Å². The van der Waals surface area contributed by atoms with Crippen molar-refractivity contribution in [3.63, 3.8) is 0 Å². The molecule has 0 fully saturated rings. The van der Waals surface area contributed by atoms with Gasteiger partial charge in [0.15, 0.2) is 0 Å². The van der Waals surface area contributed by atoms with Crippen LogP contribution in [0.1, 0.15) is 16.1 Å². The predicted molar refractivity (Wildman–Crippen MR) is 98.0 cm³/mol. The van der Waals surface area contributed by atoms with E-state index in [2.05, 4.69) is 10.3 Å². The second-order valence-corrected chi connectivity index (χ2v) is 6.76. The molecule has 0 radical (unpaired) electrons. The zero-order valence-corrected chi connectivity index (χ0v) is 16.2. The smallest absolute Gasteiger partial charge is 0.378 e. The van der Waals surface area contributed by atoms with Gasteiger partial charge in [0.1, 0.15) is 10.8 Å². The first-order valence-electron chi connectivity index (χ1n) is 6.83. The van der Waals surface area contributed by atoms with Gasteiger partial charge in [-0.3, -0.25) is 4.79 Å². The Kier molecular flexibility index (Phi) is 6.17. The van der Waals surface area contributed by atoms with Crippen LogP contribution in [0.2, 0.25) is 20.2 Å².